The van der Waals surface area contributed by atoms with Gasteiger partial charge in [-0.3, -0.25) is 0 Å². The van der Waals surface area contributed by atoms with E-state index in [0.29, 0.717) is 0 Å². The van der Waals surface area contributed by atoms with Gasteiger partial charge in [-0.25, -0.2) is 4.98 Å². The van der Waals surface area contributed by atoms with Gasteiger partial charge in [0.05, 0.1) is 4.88 Å². The van der Waals surface area contributed by atoms with E-state index >= 15 is 0 Å². The highest BCUT2D eigenvalue weighted by atomic mass is 32.1. The summed E-state index contributed by atoms with van der Waals surface area (Å²) in [6.07, 6.45) is 1.98. The van der Waals surface area contributed by atoms with Gasteiger partial charge in [-0.05, 0) is 23.6 Å². The first-order valence-electron chi connectivity index (χ1n) is 7.08. The molecule has 0 amide bonds. The molecule has 3 rings (SSSR count). The summed E-state index contributed by atoms with van der Waals surface area (Å²) in [4.78, 5) is 5.76. The molecule has 2 aromatic carbocycles. The second kappa shape index (κ2) is 6.66. The van der Waals surface area contributed by atoms with Crippen molar-refractivity contribution < 1.29 is 0 Å². The molecule has 0 spiro atoms. The molecule has 0 saturated heterocycles. The van der Waals surface area contributed by atoms with Crippen LogP contribution in [0.25, 0.3) is 10.4 Å². The zero-order valence-electron chi connectivity index (χ0n) is 12.0. The van der Waals surface area contributed by atoms with Crippen LogP contribution in [-0.4, -0.2) is 4.98 Å². The lowest BCUT2D eigenvalue weighted by molar-refractivity contribution is 0.690. The minimum atomic E-state index is 0.811. The predicted octanol–water partition coefficient (Wildman–Crippen LogP) is 4.41. The molecule has 1 aromatic heterocycles. The predicted molar refractivity (Wildman–Crippen MR) is 89.3 cm³/mol. The number of benzene rings is 2. The van der Waals surface area contributed by atoms with Crippen LogP contribution >= 0.6 is 11.3 Å². The first-order chi connectivity index (χ1) is 10.3. The zero-order chi connectivity index (χ0) is 14.5. The Morgan fingerprint density at radius 2 is 1.71 bits per heavy atom. The van der Waals surface area contributed by atoms with Crippen LogP contribution in [0.4, 0.5) is 0 Å². The Kier molecular flexibility index (Phi) is 4.43. The van der Waals surface area contributed by atoms with Crippen molar-refractivity contribution in [3.05, 3.63) is 76.9 Å². The summed E-state index contributed by atoms with van der Waals surface area (Å²) in [5.74, 6) is 0. The molecule has 0 saturated carbocycles. The van der Waals surface area contributed by atoms with Gasteiger partial charge in [-0.1, -0.05) is 54.6 Å². The lowest BCUT2D eigenvalue weighted by Gasteiger charge is -2.02. The van der Waals surface area contributed by atoms with Crippen molar-refractivity contribution in [2.45, 2.75) is 20.0 Å². The zero-order valence-corrected chi connectivity index (χ0v) is 12.9. The van der Waals surface area contributed by atoms with Gasteiger partial charge in [-0.15, -0.1) is 11.3 Å². The summed E-state index contributed by atoms with van der Waals surface area (Å²) in [6.45, 7) is 3.83. The smallest absolute Gasteiger partial charge is 0.107 e. The summed E-state index contributed by atoms with van der Waals surface area (Å²) in [7, 11) is 0. The molecule has 2 nitrogen and oxygen atoms in total. The first kappa shape index (κ1) is 14.0. The lowest BCUT2D eigenvalue weighted by Crippen LogP contribution is -2.12. The monoisotopic (exact) mass is 294 g/mol. The Labute approximate surface area is 129 Å². The maximum absolute atomic E-state index is 4.52. The first-order valence-corrected chi connectivity index (χ1v) is 7.90. The average Bonchev–Trinajstić information content (AvgIpc) is 2.97. The van der Waals surface area contributed by atoms with Crippen LogP contribution in [0.5, 0.6) is 0 Å². The SMILES string of the molecule is Cc1ccccc1-c1cnc(CNCc2ccccc2)s1. The Hall–Kier alpha value is -1.97. The van der Waals surface area contributed by atoms with E-state index in [9.17, 15) is 0 Å². The number of hydrogen-bond donors (Lipinski definition) is 1. The summed E-state index contributed by atoms with van der Waals surface area (Å²) < 4.78 is 0. The Balaban J connectivity index is 1.62. The highest BCUT2D eigenvalue weighted by molar-refractivity contribution is 7.15. The summed E-state index contributed by atoms with van der Waals surface area (Å²) >= 11 is 1.76. The highest BCUT2D eigenvalue weighted by Crippen LogP contribution is 2.28. The van der Waals surface area contributed by atoms with E-state index < -0.39 is 0 Å². The molecule has 21 heavy (non-hydrogen) atoms. The summed E-state index contributed by atoms with van der Waals surface area (Å²) in [6, 6.07) is 18.9. The summed E-state index contributed by atoms with van der Waals surface area (Å²) in [5.41, 5.74) is 3.88. The third-order valence-corrected chi connectivity index (χ3v) is 4.44. The molecular weight excluding hydrogens is 276 g/mol. The van der Waals surface area contributed by atoms with Crippen molar-refractivity contribution in [1.82, 2.24) is 10.3 Å². The molecule has 0 radical (unpaired) electrons. The quantitative estimate of drug-likeness (QED) is 0.754. The third kappa shape index (κ3) is 3.57. The van der Waals surface area contributed by atoms with Crippen LogP contribution in [0.3, 0.4) is 0 Å². The van der Waals surface area contributed by atoms with E-state index in [0.717, 1.165) is 18.1 Å². The number of hydrogen-bond acceptors (Lipinski definition) is 3. The van der Waals surface area contributed by atoms with Crippen molar-refractivity contribution in [3.8, 4) is 10.4 Å². The number of thiazole rings is 1. The fourth-order valence-corrected chi connectivity index (χ4v) is 3.25. The van der Waals surface area contributed by atoms with Crippen LogP contribution in [0, 0.1) is 6.92 Å². The molecule has 1 heterocycles. The van der Waals surface area contributed by atoms with Crippen LogP contribution < -0.4 is 5.32 Å². The molecule has 0 atom stereocenters. The molecular formula is C18H18N2S. The van der Waals surface area contributed by atoms with Gasteiger partial charge < -0.3 is 5.32 Å². The molecule has 0 aliphatic carbocycles. The number of nitrogens with zero attached hydrogens (tertiary/aromatic N) is 1. The van der Waals surface area contributed by atoms with Crippen LogP contribution in [0.1, 0.15) is 16.1 Å². The maximum atomic E-state index is 4.52. The Morgan fingerprint density at radius 3 is 2.52 bits per heavy atom. The Bertz CT molecular complexity index is 704. The number of nitrogens with one attached hydrogen (secondary N) is 1. The molecule has 0 aliphatic heterocycles. The second-order valence-electron chi connectivity index (χ2n) is 5.02. The largest absolute Gasteiger partial charge is 0.306 e. The van der Waals surface area contributed by atoms with Gasteiger partial charge >= 0.3 is 0 Å². The van der Waals surface area contributed by atoms with E-state index in [1.54, 1.807) is 11.3 Å². The van der Waals surface area contributed by atoms with E-state index in [2.05, 4.69) is 65.8 Å². The number of rotatable bonds is 5. The second-order valence-corrected chi connectivity index (χ2v) is 6.14. The van der Waals surface area contributed by atoms with E-state index in [1.807, 2.05) is 12.3 Å². The minimum Gasteiger partial charge on any atom is -0.306 e. The molecule has 0 unspecified atom stereocenters. The van der Waals surface area contributed by atoms with E-state index in [-0.39, 0.29) is 0 Å². The topological polar surface area (TPSA) is 24.9 Å². The standard InChI is InChI=1S/C18H18N2S/c1-14-7-5-6-10-16(14)17-12-20-18(21-17)13-19-11-15-8-3-2-4-9-15/h2-10,12,19H,11,13H2,1H3. The minimum absolute atomic E-state index is 0.811. The molecule has 106 valence electrons. The highest BCUT2D eigenvalue weighted by Gasteiger charge is 2.06. The molecule has 0 bridgehead atoms. The van der Waals surface area contributed by atoms with Crippen molar-refractivity contribution in [1.29, 1.82) is 0 Å². The molecule has 3 heteroatoms. The van der Waals surface area contributed by atoms with Gasteiger partial charge in [0.25, 0.3) is 0 Å². The van der Waals surface area contributed by atoms with Crippen LogP contribution in [-0.2, 0) is 13.1 Å². The molecule has 0 fully saturated rings. The van der Waals surface area contributed by atoms with Gasteiger partial charge in [0.1, 0.15) is 5.01 Å². The van der Waals surface area contributed by atoms with Crippen LogP contribution in [0.2, 0.25) is 0 Å². The van der Waals surface area contributed by atoms with Gasteiger partial charge in [0.15, 0.2) is 0 Å². The van der Waals surface area contributed by atoms with Gasteiger partial charge in [0, 0.05) is 19.3 Å². The Morgan fingerprint density at radius 1 is 0.952 bits per heavy atom. The van der Waals surface area contributed by atoms with Crippen molar-refractivity contribution in [3.63, 3.8) is 0 Å². The average molecular weight is 294 g/mol. The van der Waals surface area contributed by atoms with E-state index in [1.165, 1.54) is 21.6 Å². The molecule has 0 aliphatic rings. The van der Waals surface area contributed by atoms with Gasteiger partial charge in [0.2, 0.25) is 0 Å². The number of aromatic nitrogens is 1. The van der Waals surface area contributed by atoms with Crippen LogP contribution in [0.15, 0.2) is 60.8 Å². The third-order valence-electron chi connectivity index (χ3n) is 3.41. The van der Waals surface area contributed by atoms with Gasteiger partial charge in [-0.2, -0.15) is 0 Å². The fraction of sp³-hybridized carbons (Fsp3) is 0.167. The van der Waals surface area contributed by atoms with Crippen molar-refractivity contribution in [2.75, 3.05) is 0 Å². The number of aryl methyl sites for hydroxylation is 1. The normalized spacial score (nSPS) is 10.7. The van der Waals surface area contributed by atoms with Crippen molar-refractivity contribution >= 4 is 11.3 Å². The molecule has 3 aromatic rings. The maximum Gasteiger partial charge on any atom is 0.107 e. The molecule has 1 N–H and O–H groups in total. The summed E-state index contributed by atoms with van der Waals surface area (Å²) in [5, 5.41) is 4.57. The fourth-order valence-electron chi connectivity index (χ4n) is 2.28. The van der Waals surface area contributed by atoms with Crippen molar-refractivity contribution in [2.24, 2.45) is 0 Å². The lowest BCUT2D eigenvalue weighted by atomic mass is 10.1. The van der Waals surface area contributed by atoms with E-state index in [4.69, 9.17) is 0 Å².